The van der Waals surface area contributed by atoms with Gasteiger partial charge in [0.05, 0.1) is 5.56 Å². The normalized spacial score (nSPS) is 17.2. The number of carbonyl (C=O) groups excluding carboxylic acids is 1. The van der Waals surface area contributed by atoms with Gasteiger partial charge in [-0.05, 0) is 54.0 Å². The van der Waals surface area contributed by atoms with Crippen LogP contribution in [0.4, 0.5) is 0 Å². The molecule has 2 rings (SSSR count). The largest absolute Gasteiger partial charge is 0.339 e. The van der Waals surface area contributed by atoms with E-state index in [0.29, 0.717) is 0 Å². The Labute approximate surface area is 120 Å². The highest BCUT2D eigenvalue weighted by Crippen LogP contribution is 2.22. The third-order valence-corrected chi connectivity index (χ3v) is 5.00. The summed E-state index contributed by atoms with van der Waals surface area (Å²) in [6, 6.07) is 5.88. The van der Waals surface area contributed by atoms with Gasteiger partial charge in [0, 0.05) is 22.0 Å². The van der Waals surface area contributed by atoms with Crippen LogP contribution in [0.1, 0.15) is 28.8 Å². The van der Waals surface area contributed by atoms with Crippen molar-refractivity contribution in [2.45, 2.75) is 25.1 Å². The number of nitrogens with zero attached hydrogens (tertiary/aromatic N) is 1. The van der Waals surface area contributed by atoms with Gasteiger partial charge in [0.1, 0.15) is 0 Å². The Morgan fingerprint density at radius 2 is 2.06 bits per heavy atom. The molecule has 0 aromatic heterocycles. The monoisotopic (exact) mass is 363 g/mol. The fraction of sp³-hybridized carbons (Fsp3) is 0.462. The van der Waals surface area contributed by atoms with Crippen LogP contribution in [0.25, 0.3) is 0 Å². The number of amides is 1. The first-order valence-corrected chi connectivity index (χ1v) is 7.29. The molecule has 0 aliphatic carbocycles. The number of alkyl halides is 1. The van der Waals surface area contributed by atoms with Crippen LogP contribution >= 0.6 is 34.2 Å². The van der Waals surface area contributed by atoms with Crippen molar-refractivity contribution in [2.24, 2.45) is 0 Å². The highest BCUT2D eigenvalue weighted by atomic mass is 127. The SMILES string of the molecule is Cc1cccc(C(=O)N2CCC(Cl)CC2)c1I. The summed E-state index contributed by atoms with van der Waals surface area (Å²) in [5, 5.41) is 0.232. The highest BCUT2D eigenvalue weighted by Gasteiger charge is 2.23. The molecular weight excluding hydrogens is 349 g/mol. The molecule has 2 nitrogen and oxygen atoms in total. The molecule has 0 bridgehead atoms. The standard InChI is InChI=1S/C13H15ClINO/c1-9-3-2-4-11(12(9)15)13(17)16-7-5-10(14)6-8-16/h2-4,10H,5-8H2,1H3. The average Bonchev–Trinajstić information content (AvgIpc) is 2.33. The third-order valence-electron chi connectivity index (χ3n) is 3.13. The second kappa shape index (κ2) is 5.57. The Hall–Kier alpha value is -0.290. The van der Waals surface area contributed by atoms with Crippen LogP contribution in [-0.2, 0) is 0 Å². The van der Waals surface area contributed by atoms with E-state index in [1.54, 1.807) is 0 Å². The number of benzene rings is 1. The smallest absolute Gasteiger partial charge is 0.254 e. The zero-order chi connectivity index (χ0) is 12.4. The zero-order valence-corrected chi connectivity index (χ0v) is 12.7. The predicted molar refractivity (Wildman–Crippen MR) is 78.7 cm³/mol. The number of hydrogen-bond donors (Lipinski definition) is 0. The molecule has 1 amide bonds. The molecule has 17 heavy (non-hydrogen) atoms. The number of carbonyl (C=O) groups is 1. The summed E-state index contributed by atoms with van der Waals surface area (Å²) in [5.41, 5.74) is 1.97. The lowest BCUT2D eigenvalue weighted by Gasteiger charge is -2.29. The topological polar surface area (TPSA) is 20.3 Å². The molecule has 0 N–H and O–H groups in total. The van der Waals surface area contributed by atoms with E-state index in [0.717, 1.165) is 40.6 Å². The Morgan fingerprint density at radius 3 is 2.71 bits per heavy atom. The number of rotatable bonds is 1. The molecule has 0 atom stereocenters. The summed E-state index contributed by atoms with van der Waals surface area (Å²) in [6.45, 7) is 3.58. The molecular formula is C13H15ClINO. The van der Waals surface area contributed by atoms with Gasteiger partial charge >= 0.3 is 0 Å². The van der Waals surface area contributed by atoms with E-state index >= 15 is 0 Å². The Kier molecular flexibility index (Phi) is 4.31. The molecule has 4 heteroatoms. The molecule has 0 unspecified atom stereocenters. The van der Waals surface area contributed by atoms with Gasteiger partial charge < -0.3 is 4.90 Å². The fourth-order valence-electron chi connectivity index (χ4n) is 2.03. The quantitative estimate of drug-likeness (QED) is 0.553. The number of halogens is 2. The number of piperidine rings is 1. The Balaban J connectivity index is 2.17. The summed E-state index contributed by atoms with van der Waals surface area (Å²) in [4.78, 5) is 14.3. The van der Waals surface area contributed by atoms with E-state index in [1.807, 2.05) is 30.0 Å². The van der Waals surface area contributed by atoms with Crippen molar-refractivity contribution in [1.82, 2.24) is 4.90 Å². The average molecular weight is 364 g/mol. The second-order valence-electron chi connectivity index (χ2n) is 4.40. The van der Waals surface area contributed by atoms with Crippen molar-refractivity contribution in [3.63, 3.8) is 0 Å². The maximum absolute atomic E-state index is 12.4. The molecule has 1 fully saturated rings. The van der Waals surface area contributed by atoms with Crippen molar-refractivity contribution in [3.8, 4) is 0 Å². The van der Waals surface area contributed by atoms with Crippen molar-refractivity contribution in [2.75, 3.05) is 13.1 Å². The predicted octanol–water partition coefficient (Wildman–Crippen LogP) is 3.44. The van der Waals surface area contributed by atoms with E-state index in [4.69, 9.17) is 11.6 Å². The van der Waals surface area contributed by atoms with Crippen molar-refractivity contribution in [3.05, 3.63) is 32.9 Å². The summed E-state index contributed by atoms with van der Waals surface area (Å²) < 4.78 is 1.06. The summed E-state index contributed by atoms with van der Waals surface area (Å²) in [5.74, 6) is 0.140. The number of likely N-dealkylation sites (tertiary alicyclic amines) is 1. The minimum Gasteiger partial charge on any atom is -0.339 e. The molecule has 1 aliphatic heterocycles. The second-order valence-corrected chi connectivity index (χ2v) is 6.10. The minimum absolute atomic E-state index is 0.140. The molecule has 1 aromatic rings. The van der Waals surface area contributed by atoms with Crippen molar-refractivity contribution in [1.29, 1.82) is 0 Å². The molecule has 0 spiro atoms. The van der Waals surface area contributed by atoms with Gasteiger partial charge in [-0.15, -0.1) is 11.6 Å². The molecule has 1 aromatic carbocycles. The van der Waals surface area contributed by atoms with Gasteiger partial charge in [-0.25, -0.2) is 0 Å². The first-order valence-electron chi connectivity index (χ1n) is 5.78. The maximum atomic E-state index is 12.4. The molecule has 1 aliphatic rings. The zero-order valence-electron chi connectivity index (χ0n) is 9.75. The Morgan fingerprint density at radius 1 is 1.41 bits per heavy atom. The van der Waals surface area contributed by atoms with E-state index in [-0.39, 0.29) is 11.3 Å². The van der Waals surface area contributed by atoms with Crippen molar-refractivity contribution < 1.29 is 4.79 Å². The lowest BCUT2D eigenvalue weighted by molar-refractivity contribution is 0.0725. The van der Waals surface area contributed by atoms with Gasteiger partial charge in [0.2, 0.25) is 0 Å². The Bertz CT molecular complexity index is 427. The van der Waals surface area contributed by atoms with E-state index < -0.39 is 0 Å². The molecule has 1 heterocycles. The molecule has 1 saturated heterocycles. The van der Waals surface area contributed by atoms with Crippen LogP contribution in [-0.4, -0.2) is 29.3 Å². The lowest BCUT2D eigenvalue weighted by Crippen LogP contribution is -2.39. The van der Waals surface area contributed by atoms with E-state index in [9.17, 15) is 4.79 Å². The highest BCUT2D eigenvalue weighted by molar-refractivity contribution is 14.1. The van der Waals surface area contributed by atoms with Crippen molar-refractivity contribution >= 4 is 40.1 Å². The van der Waals surface area contributed by atoms with Gasteiger partial charge in [-0.1, -0.05) is 12.1 Å². The lowest BCUT2D eigenvalue weighted by atomic mass is 10.1. The van der Waals surface area contributed by atoms with E-state index in [1.165, 1.54) is 0 Å². The summed E-state index contributed by atoms with van der Waals surface area (Å²) >= 11 is 8.30. The van der Waals surface area contributed by atoms with E-state index in [2.05, 4.69) is 22.6 Å². The third kappa shape index (κ3) is 2.94. The van der Waals surface area contributed by atoms with Gasteiger partial charge in [-0.3, -0.25) is 4.79 Å². The first-order chi connectivity index (χ1) is 8.09. The van der Waals surface area contributed by atoms with Gasteiger partial charge in [-0.2, -0.15) is 0 Å². The fourth-order valence-corrected chi connectivity index (χ4v) is 2.82. The minimum atomic E-state index is 0.140. The van der Waals surface area contributed by atoms with Crippen LogP contribution < -0.4 is 0 Å². The first kappa shape index (κ1) is 13.1. The van der Waals surface area contributed by atoms with Crippen LogP contribution in [0.5, 0.6) is 0 Å². The summed E-state index contributed by atoms with van der Waals surface area (Å²) in [6.07, 6.45) is 1.80. The number of aryl methyl sites for hydroxylation is 1. The van der Waals surface area contributed by atoms with Crippen LogP contribution in [0, 0.1) is 10.5 Å². The van der Waals surface area contributed by atoms with Crippen LogP contribution in [0.3, 0.4) is 0 Å². The van der Waals surface area contributed by atoms with Crippen LogP contribution in [0.15, 0.2) is 18.2 Å². The van der Waals surface area contributed by atoms with Gasteiger partial charge in [0.25, 0.3) is 5.91 Å². The molecule has 0 radical (unpaired) electrons. The van der Waals surface area contributed by atoms with Gasteiger partial charge in [0.15, 0.2) is 0 Å². The molecule has 0 saturated carbocycles. The number of hydrogen-bond acceptors (Lipinski definition) is 1. The molecule has 92 valence electrons. The van der Waals surface area contributed by atoms with Crippen LogP contribution in [0.2, 0.25) is 0 Å². The summed E-state index contributed by atoms with van der Waals surface area (Å²) in [7, 11) is 0. The maximum Gasteiger partial charge on any atom is 0.254 e.